The molecule has 0 radical (unpaired) electrons. The molecule has 0 spiro atoms. The number of H-pyrrole nitrogens is 1. The van der Waals surface area contributed by atoms with Crippen molar-refractivity contribution in [1.29, 1.82) is 0 Å². The molecule has 1 N–H and O–H groups in total. The number of hydrogen-bond donors (Lipinski definition) is 0. The maximum absolute atomic E-state index is 13.1. The highest BCUT2D eigenvalue weighted by Gasteiger charge is 2.31. The Labute approximate surface area is 166 Å². The van der Waals surface area contributed by atoms with Crippen LogP contribution >= 0.6 is 11.3 Å². The normalized spacial score (nSPS) is 20.5. The van der Waals surface area contributed by atoms with Gasteiger partial charge in [0.15, 0.2) is 12.4 Å². The summed E-state index contributed by atoms with van der Waals surface area (Å²) in [7, 11) is 0. The molecule has 3 heterocycles. The van der Waals surface area contributed by atoms with Crippen LogP contribution in [0, 0.1) is 11.3 Å². The zero-order chi connectivity index (χ0) is 19.0. The van der Waals surface area contributed by atoms with E-state index in [4.69, 9.17) is 0 Å². The van der Waals surface area contributed by atoms with Crippen LogP contribution in [-0.2, 0) is 12.8 Å². The molecule has 1 aliphatic carbocycles. The number of nitrogens with zero attached hydrogens (tertiary/aromatic N) is 2. The van der Waals surface area contributed by atoms with Crippen molar-refractivity contribution in [2.24, 2.45) is 11.3 Å². The van der Waals surface area contributed by atoms with Gasteiger partial charge in [-0.15, -0.1) is 11.3 Å². The van der Waals surface area contributed by atoms with Crippen molar-refractivity contribution in [3.05, 3.63) is 45.9 Å². The van der Waals surface area contributed by atoms with Gasteiger partial charge in [0, 0.05) is 48.9 Å². The molecular weight excluding hydrogens is 354 g/mol. The minimum absolute atomic E-state index is 0.225. The fraction of sp³-hybridized carbons (Fsp3) is 0.545. The van der Waals surface area contributed by atoms with E-state index in [-0.39, 0.29) is 5.91 Å². The fourth-order valence-electron chi connectivity index (χ4n) is 4.28. The van der Waals surface area contributed by atoms with Gasteiger partial charge in [0.2, 0.25) is 0 Å². The zero-order valence-corrected chi connectivity index (χ0v) is 17.4. The Kier molecular flexibility index (Phi) is 4.97. The van der Waals surface area contributed by atoms with Gasteiger partial charge in [-0.05, 0) is 42.2 Å². The average Bonchev–Trinajstić information content (AvgIpc) is 3.11. The molecule has 2 aromatic rings. The summed E-state index contributed by atoms with van der Waals surface area (Å²) in [6, 6.07) is 6.38. The van der Waals surface area contributed by atoms with Crippen LogP contribution in [0.15, 0.2) is 30.6 Å². The highest BCUT2D eigenvalue weighted by Crippen LogP contribution is 2.40. The maximum atomic E-state index is 13.1. The molecule has 1 fully saturated rings. The Morgan fingerprint density at radius 1 is 1.15 bits per heavy atom. The van der Waals surface area contributed by atoms with Crippen LogP contribution in [0.25, 0.3) is 0 Å². The van der Waals surface area contributed by atoms with Crippen LogP contribution in [0.2, 0.25) is 0 Å². The fourth-order valence-corrected chi connectivity index (χ4v) is 5.46. The number of hydrogen-bond acceptors (Lipinski definition) is 3. The van der Waals surface area contributed by atoms with Crippen molar-refractivity contribution in [3.8, 4) is 0 Å². The quantitative estimate of drug-likeness (QED) is 0.792. The summed E-state index contributed by atoms with van der Waals surface area (Å²) in [4.78, 5) is 22.9. The number of fused-ring (bicyclic) bond motifs is 1. The molecule has 2 aliphatic rings. The molecule has 1 saturated heterocycles. The van der Waals surface area contributed by atoms with Gasteiger partial charge in [-0.3, -0.25) is 4.79 Å². The number of carbonyl (C=O) groups is 1. The zero-order valence-electron chi connectivity index (χ0n) is 16.6. The lowest BCUT2D eigenvalue weighted by molar-refractivity contribution is -0.377. The van der Waals surface area contributed by atoms with E-state index >= 15 is 0 Å². The lowest BCUT2D eigenvalue weighted by atomic mass is 9.72. The molecular formula is C22H30N3OS+. The molecule has 2 aromatic heterocycles. The summed E-state index contributed by atoms with van der Waals surface area (Å²) < 4.78 is 0. The smallest absolute Gasteiger partial charge is 0.264 e. The second kappa shape index (κ2) is 7.27. The number of rotatable bonds is 2. The summed E-state index contributed by atoms with van der Waals surface area (Å²) in [6.07, 6.45) is 7.41. The predicted molar refractivity (Wildman–Crippen MR) is 110 cm³/mol. The lowest BCUT2D eigenvalue weighted by Crippen LogP contribution is -2.48. The van der Waals surface area contributed by atoms with E-state index in [1.807, 2.05) is 17.3 Å². The third-order valence-corrected chi connectivity index (χ3v) is 7.38. The summed E-state index contributed by atoms with van der Waals surface area (Å²) >= 11 is 1.74. The Morgan fingerprint density at radius 2 is 1.85 bits per heavy atom. The molecule has 0 saturated carbocycles. The second-order valence-corrected chi connectivity index (χ2v) is 10.0. The first-order valence-corrected chi connectivity index (χ1v) is 10.9. The van der Waals surface area contributed by atoms with Crippen LogP contribution in [0.1, 0.15) is 47.3 Å². The highest BCUT2D eigenvalue weighted by molar-refractivity contribution is 7.14. The minimum atomic E-state index is 0.225. The first-order chi connectivity index (χ1) is 12.9. The van der Waals surface area contributed by atoms with E-state index in [2.05, 4.69) is 48.9 Å². The summed E-state index contributed by atoms with van der Waals surface area (Å²) in [5.74, 6) is 0.942. The van der Waals surface area contributed by atoms with Crippen molar-refractivity contribution in [2.45, 2.75) is 40.0 Å². The number of thiophene rings is 1. The van der Waals surface area contributed by atoms with Gasteiger partial charge in [0.05, 0.1) is 4.88 Å². The second-order valence-electron chi connectivity index (χ2n) is 8.90. The van der Waals surface area contributed by atoms with E-state index in [1.165, 1.54) is 22.5 Å². The number of amides is 1. The minimum Gasteiger partial charge on any atom is -0.368 e. The van der Waals surface area contributed by atoms with Crippen molar-refractivity contribution in [3.63, 3.8) is 0 Å². The predicted octanol–water partition coefficient (Wildman–Crippen LogP) is 3.68. The molecule has 27 heavy (non-hydrogen) atoms. The molecule has 1 amide bonds. The van der Waals surface area contributed by atoms with Gasteiger partial charge in [-0.2, -0.15) is 0 Å². The van der Waals surface area contributed by atoms with Gasteiger partial charge in [-0.1, -0.05) is 20.8 Å². The number of pyridine rings is 1. The van der Waals surface area contributed by atoms with Gasteiger partial charge in [0.25, 0.3) is 5.91 Å². The highest BCUT2D eigenvalue weighted by atomic mass is 32.1. The van der Waals surface area contributed by atoms with Crippen molar-refractivity contribution < 1.29 is 9.78 Å². The average molecular weight is 385 g/mol. The van der Waals surface area contributed by atoms with Crippen molar-refractivity contribution in [2.75, 3.05) is 31.1 Å². The molecule has 0 unspecified atom stereocenters. The SMILES string of the molecule is CC(C)(C)[C@H]1CCc2sc(C(=O)N3CCN(c4cc[nH+]cc4)CC3)cc2C1. The number of aromatic nitrogens is 1. The number of anilines is 1. The first kappa shape index (κ1) is 18.5. The van der Waals surface area contributed by atoms with E-state index in [9.17, 15) is 4.79 Å². The molecule has 1 atom stereocenters. The van der Waals surface area contributed by atoms with Gasteiger partial charge >= 0.3 is 0 Å². The monoisotopic (exact) mass is 384 g/mol. The van der Waals surface area contributed by atoms with Gasteiger partial charge in [0.1, 0.15) is 0 Å². The summed E-state index contributed by atoms with van der Waals surface area (Å²) in [5.41, 5.74) is 2.99. The van der Waals surface area contributed by atoms with Crippen molar-refractivity contribution >= 4 is 22.9 Å². The van der Waals surface area contributed by atoms with Crippen LogP contribution in [0.3, 0.4) is 0 Å². The van der Waals surface area contributed by atoms with E-state index in [1.54, 1.807) is 11.3 Å². The van der Waals surface area contributed by atoms with Crippen LogP contribution < -0.4 is 9.88 Å². The van der Waals surface area contributed by atoms with E-state index < -0.39 is 0 Å². The molecule has 144 valence electrons. The standard InChI is InChI=1S/C22H29N3OS/c1-22(2,3)17-4-5-19-16(14-17)15-20(27-19)21(26)25-12-10-24(11-13-25)18-6-8-23-9-7-18/h6-9,15,17H,4-5,10-14H2,1-3H3/p+1/t17-/m0/s1. The topological polar surface area (TPSA) is 37.7 Å². The Hall–Kier alpha value is -1.88. The van der Waals surface area contributed by atoms with E-state index in [0.717, 1.165) is 43.9 Å². The third kappa shape index (κ3) is 3.88. The molecule has 4 nitrogen and oxygen atoms in total. The molecule has 1 aliphatic heterocycles. The maximum Gasteiger partial charge on any atom is 0.264 e. The lowest BCUT2D eigenvalue weighted by Gasteiger charge is -2.35. The molecule has 4 rings (SSSR count). The molecule has 5 heteroatoms. The van der Waals surface area contributed by atoms with Gasteiger partial charge in [-0.25, -0.2) is 4.98 Å². The number of nitrogens with one attached hydrogen (secondary N) is 1. The summed E-state index contributed by atoms with van der Waals surface area (Å²) in [5, 5.41) is 0. The van der Waals surface area contributed by atoms with Gasteiger partial charge < -0.3 is 9.80 Å². The summed E-state index contributed by atoms with van der Waals surface area (Å²) in [6.45, 7) is 10.4. The number of aryl methyl sites for hydroxylation is 1. The third-order valence-electron chi connectivity index (χ3n) is 6.15. The largest absolute Gasteiger partial charge is 0.368 e. The Balaban J connectivity index is 1.41. The van der Waals surface area contributed by atoms with E-state index in [0.29, 0.717) is 11.3 Å². The van der Waals surface area contributed by atoms with Crippen molar-refractivity contribution in [1.82, 2.24) is 4.90 Å². The Bertz CT molecular complexity index is 801. The van der Waals surface area contributed by atoms with Crippen LogP contribution in [-0.4, -0.2) is 37.0 Å². The van der Waals surface area contributed by atoms with Crippen LogP contribution in [0.4, 0.5) is 5.69 Å². The Morgan fingerprint density at radius 3 is 2.52 bits per heavy atom. The number of carbonyl (C=O) groups excluding carboxylic acids is 1. The number of piperazine rings is 1. The van der Waals surface area contributed by atoms with Crippen LogP contribution in [0.5, 0.6) is 0 Å². The molecule has 0 aromatic carbocycles. The number of aromatic amines is 1. The molecule has 0 bridgehead atoms. The first-order valence-electron chi connectivity index (χ1n) is 10.0.